The zero-order valence-corrected chi connectivity index (χ0v) is 8.81. The lowest BCUT2D eigenvalue weighted by Gasteiger charge is -2.12. The first kappa shape index (κ1) is 9.46. The van der Waals surface area contributed by atoms with Crippen LogP contribution in [0.5, 0.6) is 0 Å². The Morgan fingerprint density at radius 1 is 1.46 bits per heavy atom. The van der Waals surface area contributed by atoms with E-state index in [-0.39, 0.29) is 10.8 Å². The van der Waals surface area contributed by atoms with Crippen molar-refractivity contribution in [3.05, 3.63) is 0 Å². The van der Waals surface area contributed by atoms with Crippen LogP contribution in [0.25, 0.3) is 0 Å². The van der Waals surface area contributed by atoms with Gasteiger partial charge in [-0.05, 0) is 38.5 Å². The Labute approximate surface area is 79.6 Å². The molecule has 0 spiro atoms. The van der Waals surface area contributed by atoms with Crippen LogP contribution in [0.1, 0.15) is 32.6 Å². The van der Waals surface area contributed by atoms with Crippen LogP contribution in [0.2, 0.25) is 0 Å². The van der Waals surface area contributed by atoms with Gasteiger partial charge in [-0.25, -0.2) is 8.42 Å². The van der Waals surface area contributed by atoms with E-state index in [1.165, 1.54) is 0 Å². The molecule has 0 aromatic heterocycles. The summed E-state index contributed by atoms with van der Waals surface area (Å²) in [7, 11) is -2.77. The predicted molar refractivity (Wildman–Crippen MR) is 52.1 cm³/mol. The van der Waals surface area contributed by atoms with Gasteiger partial charge >= 0.3 is 0 Å². The summed E-state index contributed by atoms with van der Waals surface area (Å²) >= 11 is 0. The molecule has 0 aromatic rings. The van der Waals surface area contributed by atoms with Gasteiger partial charge in [-0.3, -0.25) is 0 Å². The number of nitrogens with two attached hydrogens (primary N) is 1. The molecule has 2 atom stereocenters. The molecular weight excluding hydrogens is 186 g/mol. The summed E-state index contributed by atoms with van der Waals surface area (Å²) in [6, 6.07) is 0. The van der Waals surface area contributed by atoms with Crippen molar-refractivity contribution in [2.45, 2.75) is 43.4 Å². The van der Waals surface area contributed by atoms with Crippen molar-refractivity contribution in [1.29, 1.82) is 0 Å². The van der Waals surface area contributed by atoms with E-state index in [1.54, 1.807) is 0 Å². The first-order valence-corrected chi connectivity index (χ1v) is 6.63. The van der Waals surface area contributed by atoms with Crippen molar-refractivity contribution in [2.24, 2.45) is 11.7 Å². The molecule has 0 aromatic carbocycles. The highest BCUT2D eigenvalue weighted by atomic mass is 32.2. The van der Waals surface area contributed by atoms with Crippen molar-refractivity contribution in [1.82, 2.24) is 0 Å². The summed E-state index contributed by atoms with van der Waals surface area (Å²) < 4.78 is 22.9. The SMILES string of the molecule is CC1CC(CC2(N)CC2)CS1(=O)=O. The van der Waals surface area contributed by atoms with Gasteiger partial charge in [0.1, 0.15) is 0 Å². The van der Waals surface area contributed by atoms with Crippen molar-refractivity contribution >= 4 is 9.84 Å². The van der Waals surface area contributed by atoms with Gasteiger partial charge in [-0.15, -0.1) is 0 Å². The molecule has 0 radical (unpaired) electrons. The predicted octanol–water partition coefficient (Wildman–Crippen LogP) is 0.691. The molecule has 2 unspecified atom stereocenters. The number of hydrogen-bond acceptors (Lipinski definition) is 3. The Balaban J connectivity index is 1.98. The van der Waals surface area contributed by atoms with E-state index in [2.05, 4.69) is 0 Å². The van der Waals surface area contributed by atoms with E-state index < -0.39 is 9.84 Å². The van der Waals surface area contributed by atoms with Crippen molar-refractivity contribution < 1.29 is 8.42 Å². The third kappa shape index (κ3) is 1.89. The van der Waals surface area contributed by atoms with Gasteiger partial charge in [0.15, 0.2) is 9.84 Å². The van der Waals surface area contributed by atoms with Crippen LogP contribution in [0.15, 0.2) is 0 Å². The Morgan fingerprint density at radius 2 is 2.08 bits per heavy atom. The molecule has 2 aliphatic rings. The van der Waals surface area contributed by atoms with Gasteiger partial charge in [-0.2, -0.15) is 0 Å². The largest absolute Gasteiger partial charge is 0.325 e. The van der Waals surface area contributed by atoms with Crippen molar-refractivity contribution in [3.63, 3.8) is 0 Å². The molecule has 1 saturated carbocycles. The van der Waals surface area contributed by atoms with Gasteiger partial charge in [-0.1, -0.05) is 0 Å². The first-order chi connectivity index (χ1) is 5.91. The zero-order chi connectivity index (χ0) is 9.69. The fraction of sp³-hybridized carbons (Fsp3) is 1.00. The first-order valence-electron chi connectivity index (χ1n) is 4.92. The van der Waals surface area contributed by atoms with Gasteiger partial charge in [0.05, 0.1) is 11.0 Å². The molecule has 1 heterocycles. The van der Waals surface area contributed by atoms with E-state index in [4.69, 9.17) is 5.73 Å². The quantitative estimate of drug-likeness (QED) is 0.718. The van der Waals surface area contributed by atoms with E-state index in [0.717, 1.165) is 25.7 Å². The standard InChI is InChI=1S/C9H17NO2S/c1-7-4-8(6-13(7,11)12)5-9(10)2-3-9/h7-8H,2-6,10H2,1H3. The maximum absolute atomic E-state index is 11.4. The molecule has 3 nitrogen and oxygen atoms in total. The summed E-state index contributed by atoms with van der Waals surface area (Å²) in [6.45, 7) is 1.81. The Bertz CT molecular complexity index is 306. The summed E-state index contributed by atoms with van der Waals surface area (Å²) in [5.41, 5.74) is 5.97. The second-order valence-corrected chi connectivity index (χ2v) is 7.27. The van der Waals surface area contributed by atoms with Crippen LogP contribution in [0.3, 0.4) is 0 Å². The molecule has 13 heavy (non-hydrogen) atoms. The minimum absolute atomic E-state index is 0.00421. The lowest BCUT2D eigenvalue weighted by Crippen LogP contribution is -2.25. The normalized spacial score (nSPS) is 40.5. The van der Waals surface area contributed by atoms with Crippen LogP contribution in [0.4, 0.5) is 0 Å². The van der Waals surface area contributed by atoms with E-state index in [1.807, 2.05) is 6.92 Å². The number of rotatable bonds is 2. The van der Waals surface area contributed by atoms with E-state index >= 15 is 0 Å². The second-order valence-electron chi connectivity index (χ2n) is 4.81. The molecule has 0 bridgehead atoms. The zero-order valence-electron chi connectivity index (χ0n) is 7.99. The summed E-state index contributed by atoms with van der Waals surface area (Å²) in [4.78, 5) is 0. The van der Waals surface area contributed by atoms with Crippen LogP contribution < -0.4 is 5.73 Å². The third-order valence-corrected chi connectivity index (χ3v) is 5.69. The van der Waals surface area contributed by atoms with Gasteiger partial charge < -0.3 is 5.73 Å². The van der Waals surface area contributed by atoms with Crippen LogP contribution in [-0.4, -0.2) is 25.0 Å². The fourth-order valence-electron chi connectivity index (χ4n) is 2.26. The van der Waals surface area contributed by atoms with Gasteiger partial charge in [0.25, 0.3) is 0 Å². The van der Waals surface area contributed by atoms with E-state index in [0.29, 0.717) is 11.7 Å². The minimum atomic E-state index is -2.77. The minimum Gasteiger partial charge on any atom is -0.325 e. The lowest BCUT2D eigenvalue weighted by molar-refractivity contribution is 0.448. The maximum atomic E-state index is 11.4. The second kappa shape index (κ2) is 2.70. The molecule has 1 aliphatic heterocycles. The van der Waals surface area contributed by atoms with Gasteiger partial charge in [0.2, 0.25) is 0 Å². The average Bonchev–Trinajstić information content (AvgIpc) is 2.59. The molecule has 2 rings (SSSR count). The topological polar surface area (TPSA) is 60.2 Å². The Kier molecular flexibility index (Phi) is 1.97. The number of hydrogen-bond donors (Lipinski definition) is 1. The lowest BCUT2D eigenvalue weighted by atomic mass is 9.96. The molecule has 1 saturated heterocycles. The highest BCUT2D eigenvalue weighted by Gasteiger charge is 2.44. The Morgan fingerprint density at radius 3 is 2.46 bits per heavy atom. The highest BCUT2D eigenvalue weighted by molar-refractivity contribution is 7.92. The average molecular weight is 203 g/mol. The van der Waals surface area contributed by atoms with Crippen LogP contribution >= 0.6 is 0 Å². The van der Waals surface area contributed by atoms with Gasteiger partial charge in [0, 0.05) is 5.54 Å². The highest BCUT2D eigenvalue weighted by Crippen LogP contribution is 2.41. The third-order valence-electron chi connectivity index (χ3n) is 3.33. The molecule has 76 valence electrons. The number of sulfone groups is 1. The molecule has 1 aliphatic carbocycles. The van der Waals surface area contributed by atoms with Crippen LogP contribution in [-0.2, 0) is 9.84 Å². The molecule has 0 amide bonds. The van der Waals surface area contributed by atoms with Crippen LogP contribution in [0, 0.1) is 5.92 Å². The molecular formula is C9H17NO2S. The molecule has 4 heteroatoms. The summed E-state index contributed by atoms with van der Waals surface area (Å²) in [5, 5.41) is -0.139. The van der Waals surface area contributed by atoms with Crippen molar-refractivity contribution in [3.8, 4) is 0 Å². The summed E-state index contributed by atoms with van der Waals surface area (Å²) in [5.74, 6) is 0.695. The molecule has 2 N–H and O–H groups in total. The maximum Gasteiger partial charge on any atom is 0.153 e. The molecule has 2 fully saturated rings. The van der Waals surface area contributed by atoms with Crippen molar-refractivity contribution in [2.75, 3.05) is 5.75 Å². The van der Waals surface area contributed by atoms with E-state index in [9.17, 15) is 8.42 Å². The smallest absolute Gasteiger partial charge is 0.153 e. The monoisotopic (exact) mass is 203 g/mol. The Hall–Kier alpha value is -0.0900. The fourth-order valence-corrected chi connectivity index (χ4v) is 4.06. The summed E-state index contributed by atoms with van der Waals surface area (Å²) in [6.07, 6.45) is 3.90.